The minimum atomic E-state index is -0.931. The van der Waals surface area contributed by atoms with Crippen molar-refractivity contribution in [3.63, 3.8) is 0 Å². The van der Waals surface area contributed by atoms with Crippen molar-refractivity contribution in [1.29, 1.82) is 0 Å². The third-order valence-corrected chi connectivity index (χ3v) is 14.6. The van der Waals surface area contributed by atoms with E-state index >= 15 is 0 Å². The van der Waals surface area contributed by atoms with E-state index in [2.05, 4.69) is 76.7 Å². The Morgan fingerprint density at radius 1 is 0.590 bits per heavy atom. The van der Waals surface area contributed by atoms with Crippen molar-refractivity contribution in [2.45, 2.75) is 168 Å². The van der Waals surface area contributed by atoms with E-state index in [1.807, 2.05) is 87.6 Å². The molecule has 0 saturated heterocycles. The Hall–Kier alpha value is -7.60. The number of nitrogens with two attached hydrogens (primary N) is 2. The molecule has 4 amide bonds. The van der Waals surface area contributed by atoms with Gasteiger partial charge in [0.2, 0.25) is 23.6 Å². The van der Waals surface area contributed by atoms with Crippen molar-refractivity contribution in [3.05, 3.63) is 96.2 Å². The molecule has 0 aliphatic carbocycles. The number of H-pyrrole nitrogens is 1. The summed E-state index contributed by atoms with van der Waals surface area (Å²) >= 11 is 0. The van der Waals surface area contributed by atoms with Crippen LogP contribution in [0.5, 0.6) is 0 Å². The molecule has 78 heavy (non-hydrogen) atoms. The smallest absolute Gasteiger partial charge is 0.243 e. The van der Waals surface area contributed by atoms with Gasteiger partial charge in [-0.15, -0.1) is 0 Å². The summed E-state index contributed by atoms with van der Waals surface area (Å²) in [6.45, 7) is 12.6. The molecule has 18 nitrogen and oxygen atoms in total. The fourth-order valence-corrected chi connectivity index (χ4v) is 10.5. The fourth-order valence-electron chi connectivity index (χ4n) is 10.5. The Labute approximate surface area is 457 Å². The molecule has 18 heteroatoms. The molecule has 0 fully saturated rings. The van der Waals surface area contributed by atoms with Gasteiger partial charge in [-0.25, -0.2) is 19.9 Å². The van der Waals surface area contributed by atoms with Crippen molar-refractivity contribution >= 4 is 90.0 Å². The number of nitrogen functional groups attached to an aromatic ring is 2. The number of hydrogen-bond donors (Lipinski definition) is 8. The van der Waals surface area contributed by atoms with Gasteiger partial charge in [-0.1, -0.05) is 95.1 Å². The number of amides is 4. The van der Waals surface area contributed by atoms with Crippen molar-refractivity contribution in [2.24, 2.45) is 0 Å². The zero-order valence-electron chi connectivity index (χ0n) is 46.2. The minimum absolute atomic E-state index is 0.0700. The van der Waals surface area contributed by atoms with Crippen LogP contribution in [0.3, 0.4) is 0 Å². The van der Waals surface area contributed by atoms with Crippen LogP contribution >= 0.6 is 0 Å². The first-order valence-corrected chi connectivity index (χ1v) is 28.3. The Balaban J connectivity index is 0.822. The molecule has 0 spiro atoms. The number of carbonyl (C=O) groups excluding carboxylic acids is 4. The number of carbonyl (C=O) groups is 4. The SMILES string of the molecule is CCCCc1nc2c(N)nc3ccccc3c2n1CCCCNC(=O)CCC(C)NC(=O)C(Cc1c[nH]c2ccccc12)NC(=O)C(CCC(=O)NCCCCn1c(CCCC)nc2c(N)nc3ccccc3c21)NC(C)C. The summed E-state index contributed by atoms with van der Waals surface area (Å²) in [5, 5.41) is 18.6. The van der Waals surface area contributed by atoms with Crippen LogP contribution in [-0.2, 0) is 51.5 Å². The molecule has 0 radical (unpaired) electrons. The van der Waals surface area contributed by atoms with Crippen LogP contribution in [0.15, 0.2) is 79.0 Å². The van der Waals surface area contributed by atoms with Crippen molar-refractivity contribution in [1.82, 2.24) is 60.6 Å². The lowest BCUT2D eigenvalue weighted by Gasteiger charge is -2.25. The van der Waals surface area contributed by atoms with Gasteiger partial charge in [-0.05, 0) is 82.1 Å². The number of anilines is 2. The molecular formula is C60H80N14O4. The van der Waals surface area contributed by atoms with Crippen LogP contribution in [0.2, 0.25) is 0 Å². The summed E-state index contributed by atoms with van der Waals surface area (Å²) in [5.74, 6) is 1.89. The maximum atomic E-state index is 14.2. The van der Waals surface area contributed by atoms with Crippen molar-refractivity contribution in [3.8, 4) is 0 Å². The second-order valence-corrected chi connectivity index (χ2v) is 21.1. The first-order valence-electron chi connectivity index (χ1n) is 28.3. The monoisotopic (exact) mass is 1060 g/mol. The molecule has 3 unspecified atom stereocenters. The number of aromatic nitrogens is 7. The zero-order chi connectivity index (χ0) is 55.1. The summed E-state index contributed by atoms with van der Waals surface area (Å²) in [6.07, 6.45) is 12.1. The molecule has 0 saturated carbocycles. The van der Waals surface area contributed by atoms with Gasteiger partial charge in [-0.2, -0.15) is 0 Å². The number of imidazole rings is 2. The lowest BCUT2D eigenvalue weighted by atomic mass is 10.0. The van der Waals surface area contributed by atoms with Gasteiger partial charge in [0.25, 0.3) is 0 Å². The maximum absolute atomic E-state index is 14.2. The number of nitrogens with zero attached hydrogens (tertiary/aromatic N) is 6. The van der Waals surface area contributed by atoms with E-state index in [1.54, 1.807) is 0 Å². The van der Waals surface area contributed by atoms with E-state index in [0.29, 0.717) is 31.1 Å². The highest BCUT2D eigenvalue weighted by Gasteiger charge is 2.29. The van der Waals surface area contributed by atoms with Gasteiger partial charge < -0.3 is 52.2 Å². The Morgan fingerprint density at radius 3 is 1.63 bits per heavy atom. The van der Waals surface area contributed by atoms with Crippen molar-refractivity contribution in [2.75, 3.05) is 24.6 Å². The van der Waals surface area contributed by atoms with E-state index in [9.17, 15) is 19.2 Å². The Bertz CT molecular complexity index is 3340. The predicted octanol–water partition coefficient (Wildman–Crippen LogP) is 8.47. The number of para-hydroxylation sites is 3. The standard InChI is InChI=1S/C60H80N14O4/c1-6-8-26-49-71-53-55(42-21-11-14-24-45(42)68-57(53)61)73(49)34-18-16-32-63-51(75)30-28-39(5)67-60(78)48(36-40-37-65-44-23-13-10-20-41(40)44)70-59(77)47(66-38(3)4)29-31-52(76)64-33-17-19-35-74-50(27-9-7-2)72-54-56(74)43-22-12-15-25-46(43)69-58(54)62/h10-15,20-25,37-39,47-48,65-66H,6-9,16-19,26-36H2,1-5H3,(H2,61,68)(H2,62,69)(H,63,75)(H,64,76)(H,67,78)(H,70,77). The third kappa shape index (κ3) is 14.1. The van der Waals surface area contributed by atoms with Crippen LogP contribution in [0.25, 0.3) is 54.8 Å². The van der Waals surface area contributed by atoms with E-state index in [0.717, 1.165) is 149 Å². The first kappa shape index (κ1) is 56.6. The zero-order valence-corrected chi connectivity index (χ0v) is 46.2. The molecule has 3 aromatic carbocycles. The fraction of sp³-hybridized carbons (Fsp3) is 0.467. The third-order valence-electron chi connectivity index (χ3n) is 14.6. The summed E-state index contributed by atoms with van der Waals surface area (Å²) in [7, 11) is 0. The molecule has 0 aliphatic rings. The number of aromatic amines is 1. The number of unbranched alkanes of at least 4 members (excludes halogenated alkanes) is 4. The second kappa shape index (κ2) is 27.1. The van der Waals surface area contributed by atoms with Crippen molar-refractivity contribution < 1.29 is 19.2 Å². The molecule has 0 aliphatic heterocycles. The van der Waals surface area contributed by atoms with Crippen LogP contribution in [-0.4, -0.2) is 94.9 Å². The van der Waals surface area contributed by atoms with E-state index < -0.39 is 12.1 Å². The molecule has 8 rings (SSSR count). The highest BCUT2D eigenvalue weighted by atomic mass is 16.2. The van der Waals surface area contributed by atoms with Gasteiger partial charge in [0.05, 0.1) is 28.1 Å². The van der Waals surface area contributed by atoms with Crippen LogP contribution in [0, 0.1) is 0 Å². The topological polar surface area (TPSA) is 258 Å². The van der Waals surface area contributed by atoms with Gasteiger partial charge >= 0.3 is 0 Å². The number of benzene rings is 3. The average molecular weight is 1060 g/mol. The molecule has 5 aromatic heterocycles. The lowest BCUT2D eigenvalue weighted by molar-refractivity contribution is -0.131. The number of aryl methyl sites for hydroxylation is 4. The lowest BCUT2D eigenvalue weighted by Crippen LogP contribution is -2.55. The van der Waals surface area contributed by atoms with E-state index in [4.69, 9.17) is 21.4 Å². The largest absolute Gasteiger partial charge is 0.382 e. The van der Waals surface area contributed by atoms with Gasteiger partial charge in [0.15, 0.2) is 11.6 Å². The number of pyridine rings is 2. The van der Waals surface area contributed by atoms with Crippen LogP contribution < -0.4 is 38.1 Å². The van der Waals surface area contributed by atoms with Crippen LogP contribution in [0.1, 0.15) is 129 Å². The van der Waals surface area contributed by atoms with E-state index in [-0.39, 0.29) is 61.4 Å². The summed E-state index contributed by atoms with van der Waals surface area (Å²) < 4.78 is 4.55. The number of rotatable bonds is 30. The average Bonchev–Trinajstić information content (AvgIpc) is 4.32. The van der Waals surface area contributed by atoms with Gasteiger partial charge in [-0.3, -0.25) is 19.2 Å². The molecule has 8 aromatic rings. The normalized spacial score (nSPS) is 12.9. The highest BCUT2D eigenvalue weighted by Crippen LogP contribution is 2.31. The second-order valence-electron chi connectivity index (χ2n) is 21.1. The first-order chi connectivity index (χ1) is 37.8. The quantitative estimate of drug-likeness (QED) is 0.0198. The molecule has 0 bridgehead atoms. The molecule has 3 atom stereocenters. The van der Waals surface area contributed by atoms with Gasteiger partial charge in [0, 0.05) is 98.2 Å². The minimum Gasteiger partial charge on any atom is -0.382 e. The van der Waals surface area contributed by atoms with Gasteiger partial charge in [0.1, 0.15) is 28.7 Å². The number of hydrogen-bond acceptors (Lipinski definition) is 11. The summed E-state index contributed by atoms with van der Waals surface area (Å²) in [5.41, 5.74) is 19.8. The molecule has 5 heterocycles. The summed E-state index contributed by atoms with van der Waals surface area (Å²) in [6, 6.07) is 21.8. The number of nitrogens with one attached hydrogen (secondary N) is 6. The molecular weight excluding hydrogens is 981 g/mol. The Kier molecular flexibility index (Phi) is 19.7. The van der Waals surface area contributed by atoms with E-state index in [1.165, 1.54) is 0 Å². The molecule has 414 valence electrons. The predicted molar refractivity (Wildman–Crippen MR) is 313 cm³/mol. The molecule has 10 N–H and O–H groups in total. The van der Waals surface area contributed by atoms with Crippen LogP contribution in [0.4, 0.5) is 11.6 Å². The number of fused-ring (bicyclic) bond motifs is 7. The highest BCUT2D eigenvalue weighted by molar-refractivity contribution is 6.07. The Morgan fingerprint density at radius 2 is 1.09 bits per heavy atom. The maximum Gasteiger partial charge on any atom is 0.243 e. The summed E-state index contributed by atoms with van der Waals surface area (Å²) in [4.78, 5) is 77.3.